The van der Waals surface area contributed by atoms with Crippen molar-refractivity contribution in [3.05, 3.63) is 69.8 Å². The highest BCUT2D eigenvalue weighted by Gasteiger charge is 2.15. The van der Waals surface area contributed by atoms with Gasteiger partial charge in [-0.25, -0.2) is 0 Å². The van der Waals surface area contributed by atoms with Crippen LogP contribution in [0.5, 0.6) is 0 Å². The molecule has 0 aliphatic heterocycles. The molecule has 7 heteroatoms. The van der Waals surface area contributed by atoms with E-state index in [0.717, 1.165) is 5.56 Å². The maximum Gasteiger partial charge on any atom is 0.306 e. The van der Waals surface area contributed by atoms with Gasteiger partial charge in [0.05, 0.1) is 11.3 Å². The van der Waals surface area contributed by atoms with Crippen LogP contribution in [-0.2, 0) is 14.3 Å². The minimum atomic E-state index is -0.506. The highest BCUT2D eigenvalue weighted by molar-refractivity contribution is 5.93. The molecule has 1 atom stereocenters. The van der Waals surface area contributed by atoms with Gasteiger partial charge >= 0.3 is 5.97 Å². The molecule has 2 rings (SSSR count). The molecule has 0 saturated heterocycles. The molecule has 0 aliphatic rings. The Morgan fingerprint density at radius 2 is 1.88 bits per heavy atom. The van der Waals surface area contributed by atoms with E-state index in [4.69, 9.17) is 4.74 Å². The van der Waals surface area contributed by atoms with Crippen molar-refractivity contribution in [2.75, 3.05) is 11.9 Å². The van der Waals surface area contributed by atoms with E-state index in [1.54, 1.807) is 6.92 Å². The van der Waals surface area contributed by atoms with Gasteiger partial charge in [-0.05, 0) is 30.0 Å². The number of benzene rings is 2. The first-order valence-corrected chi connectivity index (χ1v) is 8.12. The molecule has 0 aromatic heterocycles. The number of carbonyl (C=O) groups excluding carboxylic acids is 2. The van der Waals surface area contributed by atoms with E-state index in [-0.39, 0.29) is 18.0 Å². The topological polar surface area (TPSA) is 98.5 Å². The lowest BCUT2D eigenvalue weighted by Gasteiger charge is -2.12. The number of rotatable bonds is 7. The summed E-state index contributed by atoms with van der Waals surface area (Å²) < 4.78 is 5.01. The van der Waals surface area contributed by atoms with E-state index < -0.39 is 23.4 Å². The second-order valence-electron chi connectivity index (χ2n) is 5.98. The summed E-state index contributed by atoms with van der Waals surface area (Å²) in [5.41, 5.74) is 1.96. The summed E-state index contributed by atoms with van der Waals surface area (Å²) in [6.45, 7) is 3.16. The van der Waals surface area contributed by atoms with Crippen LogP contribution >= 0.6 is 0 Å². The van der Waals surface area contributed by atoms with Crippen molar-refractivity contribution in [3.63, 3.8) is 0 Å². The Labute approximate surface area is 151 Å². The van der Waals surface area contributed by atoms with E-state index in [1.807, 2.05) is 37.3 Å². The largest absolute Gasteiger partial charge is 0.456 e. The molecule has 2 aromatic rings. The monoisotopic (exact) mass is 356 g/mol. The number of nitro benzene ring substituents is 1. The summed E-state index contributed by atoms with van der Waals surface area (Å²) in [5.74, 6) is -0.969. The molecule has 7 nitrogen and oxygen atoms in total. The number of nitrogens with zero attached hydrogens (tertiary/aromatic N) is 1. The lowest BCUT2D eigenvalue weighted by Crippen LogP contribution is -2.21. The zero-order valence-electron chi connectivity index (χ0n) is 14.6. The molecule has 26 heavy (non-hydrogen) atoms. The van der Waals surface area contributed by atoms with Crippen LogP contribution in [0.4, 0.5) is 11.4 Å². The van der Waals surface area contributed by atoms with Gasteiger partial charge in [-0.3, -0.25) is 19.7 Å². The quantitative estimate of drug-likeness (QED) is 0.464. The molecule has 0 spiro atoms. The summed E-state index contributed by atoms with van der Waals surface area (Å²) in [6, 6.07) is 13.7. The highest BCUT2D eigenvalue weighted by atomic mass is 16.6. The van der Waals surface area contributed by atoms with Gasteiger partial charge in [0.2, 0.25) is 0 Å². The van der Waals surface area contributed by atoms with Crippen LogP contribution in [-0.4, -0.2) is 23.4 Å². The number of nitrogens with one attached hydrogen (secondary N) is 1. The Hall–Kier alpha value is -3.22. The Morgan fingerprint density at radius 3 is 2.50 bits per heavy atom. The normalized spacial score (nSPS) is 11.5. The van der Waals surface area contributed by atoms with Crippen LogP contribution in [0.25, 0.3) is 0 Å². The van der Waals surface area contributed by atoms with Crippen molar-refractivity contribution >= 4 is 23.3 Å². The fourth-order valence-corrected chi connectivity index (χ4v) is 2.44. The first-order chi connectivity index (χ1) is 12.4. The van der Waals surface area contributed by atoms with Crippen LogP contribution in [0.3, 0.4) is 0 Å². The number of nitro groups is 1. The third kappa shape index (κ3) is 5.41. The fraction of sp³-hybridized carbons (Fsp3) is 0.263. The fourth-order valence-electron chi connectivity index (χ4n) is 2.44. The summed E-state index contributed by atoms with van der Waals surface area (Å²) in [7, 11) is 0. The Morgan fingerprint density at radius 1 is 1.19 bits per heavy atom. The second kappa shape index (κ2) is 8.75. The van der Waals surface area contributed by atoms with Gasteiger partial charge in [-0.15, -0.1) is 0 Å². The van der Waals surface area contributed by atoms with Gasteiger partial charge in [0, 0.05) is 17.8 Å². The van der Waals surface area contributed by atoms with E-state index in [2.05, 4.69) is 5.32 Å². The van der Waals surface area contributed by atoms with Crippen molar-refractivity contribution in [3.8, 4) is 0 Å². The van der Waals surface area contributed by atoms with Crippen LogP contribution in [0.15, 0.2) is 48.5 Å². The first kappa shape index (κ1) is 19.1. The van der Waals surface area contributed by atoms with Gasteiger partial charge in [0.1, 0.15) is 0 Å². The van der Waals surface area contributed by atoms with Crippen LogP contribution in [0.2, 0.25) is 0 Å². The lowest BCUT2D eigenvalue weighted by molar-refractivity contribution is -0.384. The number of esters is 1. The lowest BCUT2D eigenvalue weighted by atomic mass is 9.98. The number of hydrogen-bond donors (Lipinski definition) is 1. The molecule has 1 N–H and O–H groups in total. The first-order valence-electron chi connectivity index (χ1n) is 8.12. The summed E-state index contributed by atoms with van der Waals surface area (Å²) >= 11 is 0. The van der Waals surface area contributed by atoms with Crippen molar-refractivity contribution in [2.24, 2.45) is 0 Å². The maximum atomic E-state index is 11.9. The molecular weight excluding hydrogens is 336 g/mol. The molecule has 0 bridgehead atoms. The molecule has 0 heterocycles. The number of amides is 1. The smallest absolute Gasteiger partial charge is 0.306 e. The molecule has 0 unspecified atom stereocenters. The maximum absolute atomic E-state index is 11.9. The van der Waals surface area contributed by atoms with Crippen molar-refractivity contribution in [1.29, 1.82) is 0 Å². The van der Waals surface area contributed by atoms with Crippen molar-refractivity contribution in [2.45, 2.75) is 26.2 Å². The van der Waals surface area contributed by atoms with Gasteiger partial charge in [-0.2, -0.15) is 0 Å². The van der Waals surface area contributed by atoms with Gasteiger partial charge in [0.15, 0.2) is 6.61 Å². The molecule has 1 amide bonds. The average Bonchev–Trinajstić information content (AvgIpc) is 2.62. The van der Waals surface area contributed by atoms with Crippen molar-refractivity contribution in [1.82, 2.24) is 0 Å². The van der Waals surface area contributed by atoms with E-state index in [0.29, 0.717) is 11.3 Å². The summed E-state index contributed by atoms with van der Waals surface area (Å²) in [6.07, 6.45) is 0.174. The summed E-state index contributed by atoms with van der Waals surface area (Å²) in [5, 5.41) is 13.3. The molecule has 0 aliphatic carbocycles. The standard InChI is InChI=1S/C19H20N2O5/c1-13(15-6-4-3-5-7-15)11-19(23)26-12-18(22)20-17-9-8-16(21(24)25)10-14(17)2/h3-10,13H,11-12H2,1-2H3,(H,20,22)/t13-/m1/s1. The zero-order chi connectivity index (χ0) is 19.1. The minimum Gasteiger partial charge on any atom is -0.456 e. The van der Waals surface area contributed by atoms with E-state index >= 15 is 0 Å². The Balaban J connectivity index is 1.83. The molecular formula is C19H20N2O5. The number of ether oxygens (including phenoxy) is 1. The Kier molecular flexibility index (Phi) is 6.43. The third-order valence-corrected chi connectivity index (χ3v) is 3.90. The zero-order valence-corrected chi connectivity index (χ0v) is 14.6. The molecule has 136 valence electrons. The van der Waals surface area contributed by atoms with E-state index in [9.17, 15) is 19.7 Å². The van der Waals surface area contributed by atoms with Crippen LogP contribution in [0.1, 0.15) is 30.4 Å². The van der Waals surface area contributed by atoms with Gasteiger partial charge in [-0.1, -0.05) is 37.3 Å². The van der Waals surface area contributed by atoms with Crippen molar-refractivity contribution < 1.29 is 19.2 Å². The van der Waals surface area contributed by atoms with Crippen LogP contribution < -0.4 is 5.32 Å². The number of hydrogen-bond acceptors (Lipinski definition) is 5. The minimum absolute atomic E-state index is 0.0105. The van der Waals surface area contributed by atoms with Gasteiger partial charge < -0.3 is 10.1 Å². The number of carbonyl (C=O) groups is 2. The number of anilines is 1. The highest BCUT2D eigenvalue weighted by Crippen LogP contribution is 2.21. The van der Waals surface area contributed by atoms with Crippen LogP contribution in [0, 0.1) is 17.0 Å². The third-order valence-electron chi connectivity index (χ3n) is 3.90. The van der Waals surface area contributed by atoms with Gasteiger partial charge in [0.25, 0.3) is 11.6 Å². The second-order valence-corrected chi connectivity index (χ2v) is 5.98. The average molecular weight is 356 g/mol. The number of aryl methyl sites for hydroxylation is 1. The predicted octanol–water partition coefficient (Wildman–Crippen LogP) is 3.58. The Bertz CT molecular complexity index is 805. The molecule has 0 saturated carbocycles. The molecule has 0 fully saturated rings. The summed E-state index contributed by atoms with van der Waals surface area (Å²) in [4.78, 5) is 34.0. The molecule has 2 aromatic carbocycles. The molecule has 0 radical (unpaired) electrons. The van der Waals surface area contributed by atoms with E-state index in [1.165, 1.54) is 18.2 Å². The SMILES string of the molecule is Cc1cc([N+](=O)[O-])ccc1NC(=O)COC(=O)C[C@@H](C)c1ccccc1. The predicted molar refractivity (Wildman–Crippen MR) is 96.9 cm³/mol. The number of non-ortho nitro benzene ring substituents is 1.